The summed E-state index contributed by atoms with van der Waals surface area (Å²) in [6.07, 6.45) is 9.73. The largest absolute Gasteiger partial charge is 0.425 e. The van der Waals surface area contributed by atoms with Crippen molar-refractivity contribution in [1.29, 1.82) is 0 Å². The molecular formula is C17H23N4O2S+. The predicted octanol–water partition coefficient (Wildman–Crippen LogP) is 1.53. The molecule has 0 spiro atoms. The Balaban J connectivity index is 1.37. The average molecular weight is 347 g/mol. The molecule has 3 heterocycles. The van der Waals surface area contributed by atoms with E-state index < -0.39 is 0 Å². The maximum absolute atomic E-state index is 12.6. The normalized spacial score (nSPS) is 19.6. The highest BCUT2D eigenvalue weighted by Gasteiger charge is 2.30. The summed E-state index contributed by atoms with van der Waals surface area (Å²) in [5, 5.41) is 0.654. The van der Waals surface area contributed by atoms with Gasteiger partial charge in [-0.05, 0) is 19.1 Å². The summed E-state index contributed by atoms with van der Waals surface area (Å²) in [4.78, 5) is 21.5. The van der Waals surface area contributed by atoms with E-state index in [-0.39, 0.29) is 5.91 Å². The first kappa shape index (κ1) is 15.9. The lowest BCUT2D eigenvalue weighted by atomic mass is 9.91. The number of pyridine rings is 1. The number of hydrogen-bond acceptors (Lipinski definition) is 5. The van der Waals surface area contributed by atoms with Crippen molar-refractivity contribution < 1.29 is 13.8 Å². The number of amides is 1. The third-order valence-corrected chi connectivity index (χ3v) is 5.64. The van der Waals surface area contributed by atoms with Gasteiger partial charge in [0, 0.05) is 38.3 Å². The first-order chi connectivity index (χ1) is 11.7. The summed E-state index contributed by atoms with van der Waals surface area (Å²) in [7, 11) is 0. The number of nitrogens with zero attached hydrogens (tertiary/aromatic N) is 4. The number of oxazole rings is 1. The highest BCUT2D eigenvalue weighted by atomic mass is 32.2. The Morgan fingerprint density at radius 1 is 1.38 bits per heavy atom. The molecule has 0 radical (unpaired) electrons. The Morgan fingerprint density at radius 2 is 2.17 bits per heavy atom. The highest BCUT2D eigenvalue weighted by Crippen LogP contribution is 2.25. The zero-order valence-electron chi connectivity index (χ0n) is 14.0. The number of carbonyl (C=O) groups excluding carboxylic acids is 1. The van der Waals surface area contributed by atoms with Gasteiger partial charge in [0.05, 0.1) is 0 Å². The van der Waals surface area contributed by atoms with E-state index in [1.807, 2.05) is 34.2 Å². The number of hydrogen-bond donors (Lipinski definition) is 0. The van der Waals surface area contributed by atoms with Crippen LogP contribution in [0.4, 0.5) is 0 Å². The molecule has 1 aliphatic carbocycles. The van der Waals surface area contributed by atoms with Crippen LogP contribution in [0.1, 0.15) is 19.3 Å². The Bertz CT molecular complexity index is 735. The van der Waals surface area contributed by atoms with Gasteiger partial charge in [-0.15, -0.1) is 0 Å². The Hall–Kier alpha value is -1.60. The molecule has 4 rings (SSSR count). The van der Waals surface area contributed by atoms with E-state index in [2.05, 4.69) is 9.88 Å². The van der Waals surface area contributed by atoms with E-state index in [1.165, 1.54) is 31.0 Å². The molecule has 2 fully saturated rings. The topological polar surface area (TPSA) is 53.5 Å². The van der Waals surface area contributed by atoms with Crippen LogP contribution in [0.25, 0.3) is 11.1 Å². The second kappa shape index (κ2) is 6.72. The molecule has 128 valence electrons. The molecule has 1 amide bonds. The minimum atomic E-state index is 0.178. The zero-order valence-corrected chi connectivity index (χ0v) is 14.8. The quantitative estimate of drug-likeness (QED) is 0.620. The summed E-state index contributed by atoms with van der Waals surface area (Å²) in [5.74, 6) is 0.178. The molecule has 7 heteroatoms. The van der Waals surface area contributed by atoms with Gasteiger partial charge in [0.1, 0.15) is 5.52 Å². The second-order valence-corrected chi connectivity index (χ2v) is 7.31. The molecule has 0 atom stereocenters. The summed E-state index contributed by atoms with van der Waals surface area (Å²) in [6, 6.07) is 2.68. The molecule has 2 aliphatic rings. The molecule has 1 saturated carbocycles. The van der Waals surface area contributed by atoms with Crippen LogP contribution in [0.15, 0.2) is 28.1 Å². The molecule has 1 saturated heterocycles. The van der Waals surface area contributed by atoms with E-state index >= 15 is 0 Å². The Labute approximate surface area is 145 Å². The van der Waals surface area contributed by atoms with E-state index in [9.17, 15) is 4.79 Å². The van der Waals surface area contributed by atoms with Crippen molar-refractivity contribution >= 4 is 28.8 Å². The standard InChI is InChI=1S/C17H23N4O2S/c1-24-17-18-14-5-6-19(11-15(14)23-17)12-16(22)21-9-7-20(8-10-21)13-3-2-4-13/h5-6,11,13H,2-4,7-10,12H2,1H3/q+1. The molecule has 0 bridgehead atoms. The molecule has 0 N–H and O–H groups in total. The van der Waals surface area contributed by atoms with Gasteiger partial charge in [0.2, 0.25) is 18.3 Å². The summed E-state index contributed by atoms with van der Waals surface area (Å²) >= 11 is 1.48. The summed E-state index contributed by atoms with van der Waals surface area (Å²) < 4.78 is 7.53. The van der Waals surface area contributed by atoms with Gasteiger partial charge >= 0.3 is 0 Å². The van der Waals surface area contributed by atoms with Crippen molar-refractivity contribution in [2.45, 2.75) is 37.1 Å². The van der Waals surface area contributed by atoms with Crippen LogP contribution in [-0.2, 0) is 11.3 Å². The molecular weight excluding hydrogens is 324 g/mol. The molecule has 0 unspecified atom stereocenters. The highest BCUT2D eigenvalue weighted by molar-refractivity contribution is 7.98. The van der Waals surface area contributed by atoms with Crippen molar-refractivity contribution in [2.24, 2.45) is 0 Å². The van der Waals surface area contributed by atoms with Crippen LogP contribution in [0.5, 0.6) is 0 Å². The van der Waals surface area contributed by atoms with Crippen molar-refractivity contribution in [3.63, 3.8) is 0 Å². The van der Waals surface area contributed by atoms with Gasteiger partial charge in [-0.3, -0.25) is 9.69 Å². The number of fused-ring (bicyclic) bond motifs is 1. The monoisotopic (exact) mass is 347 g/mol. The maximum atomic E-state index is 12.6. The average Bonchev–Trinajstić information content (AvgIpc) is 2.96. The smallest absolute Gasteiger partial charge is 0.288 e. The first-order valence-corrected chi connectivity index (χ1v) is 9.81. The number of rotatable bonds is 4. The van der Waals surface area contributed by atoms with Crippen LogP contribution in [-0.4, -0.2) is 59.2 Å². The van der Waals surface area contributed by atoms with Gasteiger partial charge in [0.25, 0.3) is 11.1 Å². The maximum Gasteiger partial charge on any atom is 0.288 e. The second-order valence-electron chi connectivity index (χ2n) is 6.55. The lowest BCUT2D eigenvalue weighted by Crippen LogP contribution is -2.55. The number of piperazine rings is 1. The fourth-order valence-corrected chi connectivity index (χ4v) is 3.79. The van der Waals surface area contributed by atoms with Crippen molar-refractivity contribution in [2.75, 3.05) is 32.4 Å². The van der Waals surface area contributed by atoms with Crippen LogP contribution >= 0.6 is 11.8 Å². The van der Waals surface area contributed by atoms with Crippen LogP contribution in [0.2, 0.25) is 0 Å². The Kier molecular flexibility index (Phi) is 4.45. The van der Waals surface area contributed by atoms with Crippen molar-refractivity contribution in [3.8, 4) is 0 Å². The van der Waals surface area contributed by atoms with Gasteiger partial charge in [-0.1, -0.05) is 18.2 Å². The summed E-state index contributed by atoms with van der Waals surface area (Å²) in [5.41, 5.74) is 1.56. The van der Waals surface area contributed by atoms with Crippen molar-refractivity contribution in [1.82, 2.24) is 14.8 Å². The Morgan fingerprint density at radius 3 is 2.83 bits per heavy atom. The van der Waals surface area contributed by atoms with E-state index in [1.54, 1.807) is 0 Å². The minimum absolute atomic E-state index is 0.178. The van der Waals surface area contributed by atoms with E-state index in [0.717, 1.165) is 43.3 Å². The number of carbonyl (C=O) groups is 1. The van der Waals surface area contributed by atoms with Crippen LogP contribution in [0, 0.1) is 0 Å². The van der Waals surface area contributed by atoms with Gasteiger partial charge in [0.15, 0.2) is 6.20 Å². The van der Waals surface area contributed by atoms with Crippen LogP contribution in [0.3, 0.4) is 0 Å². The predicted molar refractivity (Wildman–Crippen MR) is 91.8 cm³/mol. The summed E-state index contributed by atoms with van der Waals surface area (Å²) in [6.45, 7) is 4.07. The third kappa shape index (κ3) is 3.15. The number of aromatic nitrogens is 2. The van der Waals surface area contributed by atoms with Gasteiger partial charge in [-0.25, -0.2) is 4.98 Å². The third-order valence-electron chi connectivity index (χ3n) is 5.12. The van der Waals surface area contributed by atoms with Gasteiger partial charge < -0.3 is 9.32 Å². The van der Waals surface area contributed by atoms with E-state index in [4.69, 9.17) is 4.42 Å². The molecule has 1 aliphatic heterocycles. The molecule has 6 nitrogen and oxygen atoms in total. The van der Waals surface area contributed by atoms with Crippen molar-refractivity contribution in [3.05, 3.63) is 18.5 Å². The van der Waals surface area contributed by atoms with E-state index in [0.29, 0.717) is 11.8 Å². The minimum Gasteiger partial charge on any atom is -0.425 e. The SMILES string of the molecule is CSc1nc2cc[n+](CC(=O)N3CCN(C4CCC4)CC3)cc2o1. The lowest BCUT2D eigenvalue weighted by molar-refractivity contribution is -0.684. The first-order valence-electron chi connectivity index (χ1n) is 8.58. The van der Waals surface area contributed by atoms with Crippen LogP contribution < -0.4 is 4.57 Å². The molecule has 24 heavy (non-hydrogen) atoms. The fourth-order valence-electron chi connectivity index (χ4n) is 3.42. The van der Waals surface area contributed by atoms with Gasteiger partial charge in [-0.2, -0.15) is 4.57 Å². The number of thioether (sulfide) groups is 1. The molecule has 2 aromatic heterocycles. The fraction of sp³-hybridized carbons (Fsp3) is 0.588. The lowest BCUT2D eigenvalue weighted by Gasteiger charge is -2.42. The molecule has 0 aromatic carbocycles. The molecule has 2 aromatic rings. The zero-order chi connectivity index (χ0) is 16.5.